The zero-order chi connectivity index (χ0) is 23.7. The molecule has 170 valence electrons. The van der Waals surface area contributed by atoms with Crippen LogP contribution in [0.2, 0.25) is 0 Å². The molecule has 9 heteroatoms. The third-order valence-corrected chi connectivity index (χ3v) is 7.22. The van der Waals surface area contributed by atoms with Crippen LogP contribution in [-0.2, 0) is 20.3 Å². The molecule has 0 radical (unpaired) electrons. The van der Waals surface area contributed by atoms with Gasteiger partial charge >= 0.3 is 10.1 Å². The van der Waals surface area contributed by atoms with Crippen LogP contribution < -0.4 is 9.50 Å². The van der Waals surface area contributed by atoms with E-state index in [9.17, 15) is 13.2 Å². The predicted octanol–water partition coefficient (Wildman–Crippen LogP) is 4.39. The molecule has 0 saturated carbocycles. The zero-order valence-corrected chi connectivity index (χ0v) is 20.6. The molecule has 0 bridgehead atoms. The molecular weight excluding hydrogens is 446 g/mol. The highest BCUT2D eigenvalue weighted by molar-refractivity contribution is 8.16. The molecule has 3 rings (SSSR count). The molecule has 1 heterocycles. The average molecular weight is 474 g/mol. The number of carbonyl (C=O) groups excluding carboxylic acids is 1. The molecule has 1 N–H and O–H groups in total. The second kappa shape index (κ2) is 8.71. The van der Waals surface area contributed by atoms with E-state index in [0.29, 0.717) is 16.3 Å². The van der Waals surface area contributed by atoms with Crippen LogP contribution in [0.5, 0.6) is 5.75 Å². The van der Waals surface area contributed by atoms with E-state index in [1.165, 1.54) is 18.0 Å². The summed E-state index contributed by atoms with van der Waals surface area (Å²) >= 11 is 1.28. The fourth-order valence-electron chi connectivity index (χ4n) is 2.92. The van der Waals surface area contributed by atoms with E-state index in [1.54, 1.807) is 63.2 Å². The number of thioether (sulfide) groups is 1. The van der Waals surface area contributed by atoms with E-state index in [-0.39, 0.29) is 22.0 Å². The van der Waals surface area contributed by atoms with Gasteiger partial charge in [-0.1, -0.05) is 56.8 Å². The topological polar surface area (TPSA) is 97.2 Å². The first-order valence-electron chi connectivity index (χ1n) is 10.1. The van der Waals surface area contributed by atoms with Crippen LogP contribution in [0.3, 0.4) is 0 Å². The number of amides is 1. The molecule has 0 unspecified atom stereocenters. The predicted molar refractivity (Wildman–Crippen MR) is 129 cm³/mol. The van der Waals surface area contributed by atoms with Crippen molar-refractivity contribution in [3.63, 3.8) is 0 Å². The maximum absolute atomic E-state index is 12.9. The Morgan fingerprint density at radius 2 is 1.75 bits per heavy atom. The smallest absolute Gasteiger partial charge is 0.339 e. The molecule has 1 aliphatic heterocycles. The second-order valence-electron chi connectivity index (χ2n) is 9.02. The molecular formula is C23H27N3O4S2. The molecule has 1 amide bonds. The van der Waals surface area contributed by atoms with E-state index < -0.39 is 14.9 Å². The number of amidine groups is 1. The Balaban J connectivity index is 1.85. The van der Waals surface area contributed by atoms with E-state index >= 15 is 0 Å². The summed E-state index contributed by atoms with van der Waals surface area (Å²) in [5.74, 6) is 0.0411. The number of carbonyl (C=O) groups is 1. The van der Waals surface area contributed by atoms with Gasteiger partial charge in [0.25, 0.3) is 0 Å². The number of nitrogens with one attached hydrogen (secondary N) is 1. The van der Waals surface area contributed by atoms with Gasteiger partial charge in [0.1, 0.15) is 4.90 Å². The Kier molecular flexibility index (Phi) is 6.53. The Hall–Kier alpha value is -2.65. The number of rotatable bonds is 5. The van der Waals surface area contributed by atoms with Crippen LogP contribution >= 0.6 is 11.8 Å². The van der Waals surface area contributed by atoms with Crippen LogP contribution in [0.1, 0.15) is 51.3 Å². The number of para-hydroxylation sites is 1. The standard InChI is InChI=1S/C23H27N3O4S2/c1-15-8-7-9-16(14-24-26-21-25-20(27)23(5,6)31-21)19(15)30-32(28,29)18-12-10-17(11-13-18)22(2,3)4/h7-14H,1-6H3,(H,25,26,27). The number of benzene rings is 2. The molecule has 1 aliphatic rings. The molecule has 0 aliphatic carbocycles. The van der Waals surface area contributed by atoms with Crippen LogP contribution in [0.15, 0.2) is 57.6 Å². The van der Waals surface area contributed by atoms with Crippen molar-refractivity contribution in [2.45, 2.75) is 56.6 Å². The molecule has 0 spiro atoms. The largest absolute Gasteiger partial charge is 0.378 e. The van der Waals surface area contributed by atoms with E-state index in [2.05, 4.69) is 36.3 Å². The van der Waals surface area contributed by atoms with E-state index in [1.807, 2.05) is 0 Å². The van der Waals surface area contributed by atoms with Crippen molar-refractivity contribution in [1.29, 1.82) is 0 Å². The number of nitrogens with zero attached hydrogens (tertiary/aromatic N) is 2. The van der Waals surface area contributed by atoms with Crippen LogP contribution in [0.4, 0.5) is 0 Å². The minimum atomic E-state index is -4.04. The lowest BCUT2D eigenvalue weighted by Gasteiger charge is -2.19. The summed E-state index contributed by atoms with van der Waals surface area (Å²) in [6, 6.07) is 11.9. The highest BCUT2D eigenvalue weighted by atomic mass is 32.2. The van der Waals surface area contributed by atoms with E-state index in [0.717, 1.165) is 5.56 Å². The lowest BCUT2D eigenvalue weighted by atomic mass is 9.87. The monoisotopic (exact) mass is 473 g/mol. The fraction of sp³-hybridized carbons (Fsp3) is 0.348. The minimum absolute atomic E-state index is 0.0733. The Morgan fingerprint density at radius 3 is 2.31 bits per heavy atom. The molecule has 0 atom stereocenters. The van der Waals surface area contributed by atoms with Crippen LogP contribution in [0, 0.1) is 6.92 Å². The molecule has 2 aromatic carbocycles. The maximum atomic E-state index is 12.9. The normalized spacial score (nSPS) is 17.7. The highest BCUT2D eigenvalue weighted by Gasteiger charge is 2.38. The summed E-state index contributed by atoms with van der Waals surface area (Å²) in [6.45, 7) is 11.5. The van der Waals surface area contributed by atoms with Crippen LogP contribution in [-0.4, -0.2) is 30.5 Å². The molecule has 0 aromatic heterocycles. The summed E-state index contributed by atoms with van der Waals surface area (Å²) in [4.78, 5) is 11.9. The molecule has 1 fully saturated rings. The molecule has 32 heavy (non-hydrogen) atoms. The lowest BCUT2D eigenvalue weighted by Crippen LogP contribution is -2.30. The summed E-state index contributed by atoms with van der Waals surface area (Å²) in [5, 5.41) is 11.1. The number of hydrogen-bond acceptors (Lipinski definition) is 7. The average Bonchev–Trinajstić information content (AvgIpc) is 2.95. The van der Waals surface area contributed by atoms with Crippen molar-refractivity contribution < 1.29 is 17.4 Å². The minimum Gasteiger partial charge on any atom is -0.378 e. The van der Waals surface area contributed by atoms with Crippen molar-refractivity contribution in [3.8, 4) is 5.75 Å². The Labute approximate surface area is 193 Å². The highest BCUT2D eigenvalue weighted by Crippen LogP contribution is 2.31. The van der Waals surface area contributed by atoms with Gasteiger partial charge in [-0.15, -0.1) is 5.10 Å². The van der Waals surface area contributed by atoms with Gasteiger partial charge in [-0.2, -0.15) is 13.5 Å². The van der Waals surface area contributed by atoms with Gasteiger partial charge in [0.2, 0.25) is 5.91 Å². The summed E-state index contributed by atoms with van der Waals surface area (Å²) in [6.07, 6.45) is 1.41. The quantitative estimate of drug-likeness (QED) is 0.395. The van der Waals surface area contributed by atoms with Crippen molar-refractivity contribution in [1.82, 2.24) is 5.32 Å². The SMILES string of the molecule is Cc1cccc(C=N/N=C2\NC(=O)C(C)(C)S2)c1OS(=O)(=O)c1ccc(C(C)(C)C)cc1. The van der Waals surface area contributed by atoms with Gasteiger partial charge in [0.05, 0.1) is 11.0 Å². The first kappa shape index (κ1) is 24.0. The van der Waals surface area contributed by atoms with Crippen LogP contribution in [0.25, 0.3) is 0 Å². The van der Waals surface area contributed by atoms with Gasteiger partial charge in [-0.3, -0.25) is 4.79 Å². The van der Waals surface area contributed by atoms with Gasteiger partial charge in [0.15, 0.2) is 10.9 Å². The Morgan fingerprint density at radius 1 is 1.09 bits per heavy atom. The number of aryl methyl sites for hydroxylation is 1. The molecule has 1 saturated heterocycles. The second-order valence-corrected chi connectivity index (χ2v) is 12.2. The third kappa shape index (κ3) is 5.39. The number of hydrogen-bond donors (Lipinski definition) is 1. The zero-order valence-electron chi connectivity index (χ0n) is 19.0. The van der Waals surface area contributed by atoms with Crippen molar-refractivity contribution >= 4 is 39.2 Å². The lowest BCUT2D eigenvalue weighted by molar-refractivity contribution is -0.120. The van der Waals surface area contributed by atoms with Gasteiger partial charge < -0.3 is 9.50 Å². The summed E-state index contributed by atoms with van der Waals surface area (Å²) < 4.78 is 30.7. The van der Waals surface area contributed by atoms with Crippen molar-refractivity contribution in [2.24, 2.45) is 10.2 Å². The maximum Gasteiger partial charge on any atom is 0.339 e. The van der Waals surface area contributed by atoms with Crippen molar-refractivity contribution in [3.05, 3.63) is 59.2 Å². The first-order chi connectivity index (χ1) is 14.8. The van der Waals surface area contributed by atoms with Gasteiger partial charge in [-0.05, 0) is 55.5 Å². The third-order valence-electron chi connectivity index (χ3n) is 4.91. The van der Waals surface area contributed by atoms with Crippen molar-refractivity contribution in [2.75, 3.05) is 0 Å². The molecule has 7 nitrogen and oxygen atoms in total. The van der Waals surface area contributed by atoms with Gasteiger partial charge in [0, 0.05) is 5.56 Å². The summed E-state index contributed by atoms with van der Waals surface area (Å²) in [5.41, 5.74) is 2.04. The molecule has 2 aromatic rings. The fourth-order valence-corrected chi connectivity index (χ4v) is 4.79. The Bertz CT molecular complexity index is 1190. The van der Waals surface area contributed by atoms with E-state index in [4.69, 9.17) is 4.18 Å². The first-order valence-corrected chi connectivity index (χ1v) is 12.3. The van der Waals surface area contributed by atoms with Gasteiger partial charge in [-0.25, -0.2) is 0 Å². The summed E-state index contributed by atoms with van der Waals surface area (Å²) in [7, 11) is -4.04.